The lowest BCUT2D eigenvalue weighted by Gasteiger charge is -2.12. The number of rotatable bonds is 7. The molecule has 0 aliphatic carbocycles. The van der Waals surface area contributed by atoms with Crippen LogP contribution in [0, 0.1) is 0 Å². The van der Waals surface area contributed by atoms with Gasteiger partial charge in [0, 0.05) is 36.5 Å². The SMILES string of the molecule is CC(C)n1cnc2c(NCCc3ccccn3)nc(-c3cccc(OC(F)(F)F)c3)nc21. The lowest BCUT2D eigenvalue weighted by atomic mass is 10.2. The molecule has 166 valence electrons. The number of imidazole rings is 1. The molecule has 0 atom stereocenters. The predicted molar refractivity (Wildman–Crippen MR) is 114 cm³/mol. The molecular weight excluding hydrogens is 421 g/mol. The first kappa shape index (κ1) is 21.5. The fourth-order valence-corrected chi connectivity index (χ4v) is 3.23. The Hall–Kier alpha value is -3.69. The first-order valence-corrected chi connectivity index (χ1v) is 10.0. The minimum atomic E-state index is -4.78. The Morgan fingerprint density at radius 3 is 2.62 bits per heavy atom. The molecule has 0 aliphatic rings. The van der Waals surface area contributed by atoms with Crippen LogP contribution in [0.4, 0.5) is 19.0 Å². The van der Waals surface area contributed by atoms with E-state index in [-0.39, 0.29) is 17.6 Å². The second-order valence-corrected chi connectivity index (χ2v) is 7.39. The van der Waals surface area contributed by atoms with Crippen LogP contribution in [0.3, 0.4) is 0 Å². The van der Waals surface area contributed by atoms with Crippen LogP contribution in [0.2, 0.25) is 0 Å². The van der Waals surface area contributed by atoms with Gasteiger partial charge in [-0.1, -0.05) is 18.2 Å². The van der Waals surface area contributed by atoms with Gasteiger partial charge in [-0.25, -0.2) is 15.0 Å². The van der Waals surface area contributed by atoms with E-state index in [9.17, 15) is 13.2 Å². The molecule has 1 N–H and O–H groups in total. The van der Waals surface area contributed by atoms with Crippen molar-refractivity contribution < 1.29 is 17.9 Å². The molecular formula is C22H21F3N6O. The number of hydrogen-bond donors (Lipinski definition) is 1. The Bertz CT molecular complexity index is 1210. The summed E-state index contributed by atoms with van der Waals surface area (Å²) in [6.07, 6.45) is -0.698. The van der Waals surface area contributed by atoms with Crippen molar-refractivity contribution in [1.29, 1.82) is 0 Å². The molecule has 0 amide bonds. The molecule has 0 aliphatic heterocycles. The van der Waals surface area contributed by atoms with Crippen LogP contribution in [-0.4, -0.2) is 37.4 Å². The van der Waals surface area contributed by atoms with E-state index in [0.29, 0.717) is 35.5 Å². The van der Waals surface area contributed by atoms with Gasteiger partial charge in [0.05, 0.1) is 6.33 Å². The highest BCUT2D eigenvalue weighted by atomic mass is 19.4. The van der Waals surface area contributed by atoms with E-state index in [0.717, 1.165) is 5.69 Å². The van der Waals surface area contributed by atoms with Gasteiger partial charge in [0.25, 0.3) is 0 Å². The summed E-state index contributed by atoms with van der Waals surface area (Å²) < 4.78 is 43.9. The summed E-state index contributed by atoms with van der Waals surface area (Å²) in [5.41, 5.74) is 2.51. The molecule has 0 spiro atoms. The average molecular weight is 442 g/mol. The van der Waals surface area contributed by atoms with E-state index in [1.165, 1.54) is 18.2 Å². The van der Waals surface area contributed by atoms with Crippen LogP contribution in [0.25, 0.3) is 22.6 Å². The molecule has 0 bridgehead atoms. The zero-order chi connectivity index (χ0) is 22.7. The highest BCUT2D eigenvalue weighted by molar-refractivity contribution is 5.85. The largest absolute Gasteiger partial charge is 0.573 e. The van der Waals surface area contributed by atoms with Gasteiger partial charge in [0.1, 0.15) is 11.3 Å². The van der Waals surface area contributed by atoms with E-state index in [1.807, 2.05) is 36.6 Å². The van der Waals surface area contributed by atoms with E-state index < -0.39 is 6.36 Å². The first-order valence-electron chi connectivity index (χ1n) is 10.0. The molecule has 0 unspecified atom stereocenters. The van der Waals surface area contributed by atoms with Crippen LogP contribution >= 0.6 is 0 Å². The van der Waals surface area contributed by atoms with E-state index in [4.69, 9.17) is 0 Å². The maximum absolute atomic E-state index is 12.6. The molecule has 0 saturated carbocycles. The standard InChI is InChI=1S/C22H21F3N6O/c1-14(2)31-13-28-18-20(27-11-9-16-7-3-4-10-26-16)29-19(30-21(18)31)15-6-5-8-17(12-15)32-22(23,24)25/h3-8,10,12-14H,9,11H2,1-2H3,(H,27,29,30). The molecule has 3 heterocycles. The minimum absolute atomic E-state index is 0.0871. The van der Waals surface area contributed by atoms with Crippen molar-refractivity contribution >= 4 is 17.0 Å². The quantitative estimate of drug-likeness (QED) is 0.433. The summed E-state index contributed by atoms with van der Waals surface area (Å²) in [6, 6.07) is 11.4. The summed E-state index contributed by atoms with van der Waals surface area (Å²) in [6.45, 7) is 4.54. The number of benzene rings is 1. The third-order valence-corrected chi connectivity index (χ3v) is 4.70. The summed E-state index contributed by atoms with van der Waals surface area (Å²) in [5, 5.41) is 3.27. The molecule has 4 rings (SSSR count). The van der Waals surface area contributed by atoms with Crippen molar-refractivity contribution in [3.8, 4) is 17.1 Å². The summed E-state index contributed by atoms with van der Waals surface area (Å²) in [4.78, 5) is 17.9. The number of anilines is 1. The maximum atomic E-state index is 12.6. The van der Waals surface area contributed by atoms with Gasteiger partial charge in [0.2, 0.25) is 0 Å². The van der Waals surface area contributed by atoms with Gasteiger partial charge in [-0.3, -0.25) is 4.98 Å². The Labute approximate surface area is 182 Å². The third-order valence-electron chi connectivity index (χ3n) is 4.70. The van der Waals surface area contributed by atoms with Crippen molar-refractivity contribution in [3.63, 3.8) is 0 Å². The minimum Gasteiger partial charge on any atom is -0.406 e. The molecule has 7 nitrogen and oxygen atoms in total. The van der Waals surface area contributed by atoms with Crippen LogP contribution in [0.15, 0.2) is 55.0 Å². The number of hydrogen-bond acceptors (Lipinski definition) is 6. The smallest absolute Gasteiger partial charge is 0.406 e. The number of ether oxygens (including phenoxy) is 1. The molecule has 10 heteroatoms. The Morgan fingerprint density at radius 1 is 1.06 bits per heavy atom. The summed E-state index contributed by atoms with van der Waals surface area (Å²) >= 11 is 0. The van der Waals surface area contributed by atoms with Crippen LogP contribution in [0.5, 0.6) is 5.75 Å². The number of aromatic nitrogens is 5. The fraction of sp³-hybridized carbons (Fsp3) is 0.273. The van der Waals surface area contributed by atoms with Gasteiger partial charge >= 0.3 is 6.36 Å². The van der Waals surface area contributed by atoms with Crippen molar-refractivity contribution in [2.45, 2.75) is 32.7 Å². The van der Waals surface area contributed by atoms with Gasteiger partial charge in [-0.15, -0.1) is 13.2 Å². The zero-order valence-corrected chi connectivity index (χ0v) is 17.5. The predicted octanol–water partition coefficient (Wildman–Crippen LogP) is 5.02. The highest BCUT2D eigenvalue weighted by Crippen LogP contribution is 2.29. The van der Waals surface area contributed by atoms with Crippen molar-refractivity contribution in [2.24, 2.45) is 0 Å². The van der Waals surface area contributed by atoms with Crippen molar-refractivity contribution in [1.82, 2.24) is 24.5 Å². The summed E-state index contributed by atoms with van der Waals surface area (Å²) in [5.74, 6) is 0.441. The number of halogens is 3. The van der Waals surface area contributed by atoms with Gasteiger partial charge in [-0.2, -0.15) is 0 Å². The van der Waals surface area contributed by atoms with E-state index in [2.05, 4.69) is 30.0 Å². The zero-order valence-electron chi connectivity index (χ0n) is 17.5. The Balaban J connectivity index is 1.70. The number of fused-ring (bicyclic) bond motifs is 1. The lowest BCUT2D eigenvalue weighted by molar-refractivity contribution is -0.274. The number of alkyl halides is 3. The van der Waals surface area contributed by atoms with Crippen molar-refractivity contribution in [2.75, 3.05) is 11.9 Å². The second kappa shape index (κ2) is 8.81. The molecule has 4 aromatic rings. The van der Waals surface area contributed by atoms with Crippen LogP contribution in [-0.2, 0) is 6.42 Å². The first-order chi connectivity index (χ1) is 15.3. The molecule has 1 aromatic carbocycles. The average Bonchev–Trinajstić information content (AvgIpc) is 3.18. The lowest BCUT2D eigenvalue weighted by Crippen LogP contribution is -2.17. The molecule has 0 saturated heterocycles. The van der Waals surface area contributed by atoms with Crippen molar-refractivity contribution in [3.05, 3.63) is 60.7 Å². The van der Waals surface area contributed by atoms with Gasteiger partial charge < -0.3 is 14.6 Å². The van der Waals surface area contributed by atoms with E-state index >= 15 is 0 Å². The number of nitrogens with zero attached hydrogens (tertiary/aromatic N) is 5. The fourth-order valence-electron chi connectivity index (χ4n) is 3.23. The third kappa shape index (κ3) is 4.96. The molecule has 0 radical (unpaired) electrons. The number of nitrogens with one attached hydrogen (secondary N) is 1. The molecule has 0 fully saturated rings. The van der Waals surface area contributed by atoms with Crippen LogP contribution < -0.4 is 10.1 Å². The van der Waals surface area contributed by atoms with Crippen LogP contribution in [0.1, 0.15) is 25.6 Å². The Kier molecular flexibility index (Phi) is 5.93. The maximum Gasteiger partial charge on any atom is 0.573 e. The molecule has 32 heavy (non-hydrogen) atoms. The highest BCUT2D eigenvalue weighted by Gasteiger charge is 2.31. The number of pyridine rings is 1. The Morgan fingerprint density at radius 2 is 1.91 bits per heavy atom. The normalized spacial score (nSPS) is 11.8. The monoisotopic (exact) mass is 442 g/mol. The van der Waals surface area contributed by atoms with E-state index in [1.54, 1.807) is 18.6 Å². The summed E-state index contributed by atoms with van der Waals surface area (Å²) in [7, 11) is 0. The molecule has 3 aromatic heterocycles. The topological polar surface area (TPSA) is 77.8 Å². The van der Waals surface area contributed by atoms with Gasteiger partial charge in [-0.05, 0) is 38.1 Å². The second-order valence-electron chi connectivity index (χ2n) is 7.39. The van der Waals surface area contributed by atoms with Gasteiger partial charge in [0.15, 0.2) is 17.3 Å².